The summed E-state index contributed by atoms with van der Waals surface area (Å²) in [6.07, 6.45) is -0.373. The van der Waals surface area contributed by atoms with E-state index in [1.165, 1.54) is 46.0 Å². The molecule has 0 bridgehead atoms. The predicted octanol–water partition coefficient (Wildman–Crippen LogP) is 1.90. The molecule has 1 aliphatic heterocycles. The topological polar surface area (TPSA) is 119 Å². The van der Waals surface area contributed by atoms with E-state index in [4.69, 9.17) is 10.5 Å². The fourth-order valence-electron chi connectivity index (χ4n) is 3.03. The summed E-state index contributed by atoms with van der Waals surface area (Å²) in [4.78, 5) is 23.9. The van der Waals surface area contributed by atoms with E-state index in [1.54, 1.807) is 5.38 Å². The molecule has 1 fully saturated rings. The van der Waals surface area contributed by atoms with Crippen LogP contribution in [0.2, 0.25) is 0 Å². The quantitative estimate of drug-likeness (QED) is 0.761. The number of carbonyl (C=O) groups is 2. The van der Waals surface area contributed by atoms with Crippen molar-refractivity contribution in [2.24, 2.45) is 5.73 Å². The molecule has 2 aromatic rings. The fraction of sp³-hybridized carbons (Fsp3) is 0.333. The van der Waals surface area contributed by atoms with E-state index in [0.717, 1.165) is 0 Å². The van der Waals surface area contributed by atoms with Crippen molar-refractivity contribution in [2.45, 2.75) is 31.0 Å². The second-order valence-electron chi connectivity index (χ2n) is 6.59. The maximum Gasteiger partial charge on any atom is 0.256 e. The summed E-state index contributed by atoms with van der Waals surface area (Å²) in [6, 6.07) is 7.21. The van der Waals surface area contributed by atoms with Crippen LogP contribution in [0.1, 0.15) is 34.6 Å². The van der Waals surface area contributed by atoms with Gasteiger partial charge >= 0.3 is 0 Å². The van der Waals surface area contributed by atoms with Gasteiger partial charge in [-0.1, -0.05) is 0 Å². The molecule has 1 aromatic carbocycles. The van der Waals surface area contributed by atoms with Crippen LogP contribution in [0.25, 0.3) is 0 Å². The Morgan fingerprint density at radius 1 is 1.14 bits per heavy atom. The largest absolute Gasteiger partial charge is 0.373 e. The Bertz CT molecular complexity index is 975. The molecule has 3 rings (SSSR count). The number of nitrogens with one attached hydrogen (secondary N) is 1. The molecular weight excluding hydrogens is 402 g/mol. The van der Waals surface area contributed by atoms with Gasteiger partial charge in [0, 0.05) is 18.7 Å². The van der Waals surface area contributed by atoms with Gasteiger partial charge in [-0.05, 0) is 49.6 Å². The van der Waals surface area contributed by atoms with Gasteiger partial charge in [0.1, 0.15) is 5.00 Å². The van der Waals surface area contributed by atoms with Crippen LogP contribution in [0.4, 0.5) is 5.00 Å². The Labute approximate surface area is 167 Å². The molecule has 3 N–H and O–H groups in total. The average Bonchev–Trinajstić information content (AvgIpc) is 3.09. The molecule has 0 saturated carbocycles. The van der Waals surface area contributed by atoms with Crippen LogP contribution >= 0.6 is 11.3 Å². The number of benzene rings is 1. The molecule has 10 heteroatoms. The Morgan fingerprint density at radius 3 is 2.32 bits per heavy atom. The SMILES string of the molecule is C[C@H]1CN(S(=O)(=O)c2ccc(C(=O)Nc3sccc3C(N)=O)cc2)C[C@H](C)O1. The second-order valence-corrected chi connectivity index (χ2v) is 9.44. The van der Waals surface area contributed by atoms with Crippen LogP contribution in [-0.4, -0.2) is 49.8 Å². The number of anilines is 1. The van der Waals surface area contributed by atoms with Crippen molar-refractivity contribution in [3.63, 3.8) is 0 Å². The summed E-state index contributed by atoms with van der Waals surface area (Å²) in [5.41, 5.74) is 5.77. The van der Waals surface area contributed by atoms with Gasteiger partial charge in [0.15, 0.2) is 0 Å². The number of sulfonamides is 1. The molecule has 8 nitrogen and oxygen atoms in total. The molecule has 28 heavy (non-hydrogen) atoms. The first kappa shape index (κ1) is 20.5. The zero-order chi connectivity index (χ0) is 20.5. The number of rotatable bonds is 5. The third kappa shape index (κ3) is 4.25. The number of nitrogens with two attached hydrogens (primary N) is 1. The molecule has 1 saturated heterocycles. The van der Waals surface area contributed by atoms with Crippen molar-refractivity contribution in [2.75, 3.05) is 18.4 Å². The van der Waals surface area contributed by atoms with Crippen LogP contribution in [0.5, 0.6) is 0 Å². The molecule has 0 spiro atoms. The molecule has 0 unspecified atom stereocenters. The van der Waals surface area contributed by atoms with Crippen molar-refractivity contribution in [3.05, 3.63) is 46.8 Å². The number of hydrogen-bond donors (Lipinski definition) is 2. The van der Waals surface area contributed by atoms with Gasteiger partial charge in [0.25, 0.3) is 11.8 Å². The highest BCUT2D eigenvalue weighted by atomic mass is 32.2. The smallest absolute Gasteiger partial charge is 0.256 e. The molecule has 0 aliphatic carbocycles. The van der Waals surface area contributed by atoms with Gasteiger partial charge in [-0.3, -0.25) is 9.59 Å². The highest BCUT2D eigenvalue weighted by Crippen LogP contribution is 2.24. The summed E-state index contributed by atoms with van der Waals surface area (Å²) in [5.74, 6) is -1.09. The first-order chi connectivity index (χ1) is 13.2. The minimum absolute atomic E-state index is 0.110. The highest BCUT2D eigenvalue weighted by molar-refractivity contribution is 7.89. The summed E-state index contributed by atoms with van der Waals surface area (Å²) in [6.45, 7) is 4.22. The van der Waals surface area contributed by atoms with Gasteiger partial charge in [-0.25, -0.2) is 8.42 Å². The minimum Gasteiger partial charge on any atom is -0.373 e. The number of carbonyl (C=O) groups excluding carboxylic acids is 2. The lowest BCUT2D eigenvalue weighted by Gasteiger charge is -2.34. The predicted molar refractivity (Wildman–Crippen MR) is 106 cm³/mol. The molecule has 0 radical (unpaired) electrons. The molecule has 2 atom stereocenters. The van der Waals surface area contributed by atoms with Gasteiger partial charge in [0.05, 0.1) is 22.7 Å². The van der Waals surface area contributed by atoms with E-state index in [1.807, 2.05) is 13.8 Å². The Kier molecular flexibility index (Phi) is 5.84. The van der Waals surface area contributed by atoms with Crippen molar-refractivity contribution in [1.82, 2.24) is 4.31 Å². The number of primary amides is 1. The molecular formula is C18H21N3O5S2. The second kappa shape index (κ2) is 8.00. The summed E-state index contributed by atoms with van der Waals surface area (Å²) in [5, 5.41) is 4.62. The third-order valence-electron chi connectivity index (χ3n) is 4.30. The van der Waals surface area contributed by atoms with Crippen LogP contribution in [0.15, 0.2) is 40.6 Å². The van der Waals surface area contributed by atoms with E-state index in [9.17, 15) is 18.0 Å². The lowest BCUT2D eigenvalue weighted by atomic mass is 10.2. The number of hydrogen-bond acceptors (Lipinski definition) is 6. The number of ether oxygens (including phenoxy) is 1. The van der Waals surface area contributed by atoms with Crippen LogP contribution in [-0.2, 0) is 14.8 Å². The maximum atomic E-state index is 12.9. The highest BCUT2D eigenvalue weighted by Gasteiger charge is 2.32. The van der Waals surface area contributed by atoms with Crippen LogP contribution < -0.4 is 11.1 Å². The Balaban J connectivity index is 1.76. The summed E-state index contributed by atoms with van der Waals surface area (Å²) >= 11 is 1.18. The van der Waals surface area contributed by atoms with Crippen molar-refractivity contribution < 1.29 is 22.7 Å². The normalized spacial score (nSPS) is 20.6. The molecule has 150 valence electrons. The standard InChI is InChI=1S/C18H21N3O5S2/c1-11-9-21(10-12(2)26-11)28(24,25)14-5-3-13(4-6-14)17(23)20-18-15(16(19)22)7-8-27-18/h3-8,11-12H,9-10H2,1-2H3,(H2,19,22)(H,20,23)/t11-,12-/m0/s1. The number of nitrogens with zero attached hydrogens (tertiary/aromatic N) is 1. The average molecular weight is 424 g/mol. The number of thiophene rings is 1. The lowest BCUT2D eigenvalue weighted by Crippen LogP contribution is -2.48. The fourth-order valence-corrected chi connectivity index (χ4v) is 5.41. The lowest BCUT2D eigenvalue weighted by molar-refractivity contribution is -0.0440. The van der Waals surface area contributed by atoms with Gasteiger partial charge in [-0.2, -0.15) is 4.31 Å². The van der Waals surface area contributed by atoms with Gasteiger partial charge in [0.2, 0.25) is 10.0 Å². The maximum absolute atomic E-state index is 12.9. The molecule has 2 amide bonds. The van der Waals surface area contributed by atoms with E-state index in [-0.39, 0.29) is 41.3 Å². The number of morpholine rings is 1. The molecule has 1 aliphatic rings. The van der Waals surface area contributed by atoms with Gasteiger partial charge in [-0.15, -0.1) is 11.3 Å². The van der Waals surface area contributed by atoms with Crippen molar-refractivity contribution in [1.29, 1.82) is 0 Å². The molecule has 1 aromatic heterocycles. The van der Waals surface area contributed by atoms with E-state index < -0.39 is 21.8 Å². The van der Waals surface area contributed by atoms with E-state index in [2.05, 4.69) is 5.32 Å². The Hall–Kier alpha value is -2.27. The van der Waals surface area contributed by atoms with E-state index >= 15 is 0 Å². The minimum atomic E-state index is -3.68. The summed E-state index contributed by atoms with van der Waals surface area (Å²) in [7, 11) is -3.68. The van der Waals surface area contributed by atoms with Crippen molar-refractivity contribution in [3.8, 4) is 0 Å². The van der Waals surface area contributed by atoms with Crippen LogP contribution in [0.3, 0.4) is 0 Å². The number of amides is 2. The third-order valence-corrected chi connectivity index (χ3v) is 6.97. The van der Waals surface area contributed by atoms with Crippen molar-refractivity contribution >= 4 is 38.2 Å². The van der Waals surface area contributed by atoms with Gasteiger partial charge < -0.3 is 15.8 Å². The molecule has 2 heterocycles. The Morgan fingerprint density at radius 2 is 1.75 bits per heavy atom. The zero-order valence-electron chi connectivity index (χ0n) is 15.4. The first-order valence-corrected chi connectivity index (χ1v) is 10.9. The van der Waals surface area contributed by atoms with Crippen LogP contribution in [0, 0.1) is 0 Å². The summed E-state index contributed by atoms with van der Waals surface area (Å²) < 4.78 is 32.7. The zero-order valence-corrected chi connectivity index (χ0v) is 17.0. The van der Waals surface area contributed by atoms with E-state index in [0.29, 0.717) is 5.00 Å². The monoisotopic (exact) mass is 423 g/mol. The first-order valence-electron chi connectivity index (χ1n) is 8.63.